The Morgan fingerprint density at radius 1 is 1.12 bits per heavy atom. The predicted octanol–water partition coefficient (Wildman–Crippen LogP) is 2.56. The maximum absolute atomic E-state index is 11.7. The molecule has 3 aliphatic heterocycles. The molecule has 3 saturated heterocycles. The zero-order valence-electron chi connectivity index (χ0n) is 24.7. The number of aliphatic hydroxyl groups excluding tert-OH is 1. The maximum atomic E-state index is 11.7. The van der Waals surface area contributed by atoms with Gasteiger partial charge in [-0.05, 0) is 63.5 Å². The fraction of sp³-hybridized carbons (Fsp3) is 0.625. The van der Waals surface area contributed by atoms with E-state index in [-0.39, 0.29) is 24.2 Å². The summed E-state index contributed by atoms with van der Waals surface area (Å²) in [4.78, 5) is 2.36. The van der Waals surface area contributed by atoms with Crippen molar-refractivity contribution in [3.63, 3.8) is 0 Å². The monoisotopic (exact) mass is 549 g/mol. The number of benzene rings is 2. The van der Waals surface area contributed by atoms with Crippen LogP contribution in [0.5, 0.6) is 0 Å². The van der Waals surface area contributed by atoms with Gasteiger partial charge in [-0.15, -0.1) is 0 Å². The molecule has 7 atom stereocenters. The topological polar surface area (TPSA) is 86.9 Å². The van der Waals surface area contributed by atoms with Crippen molar-refractivity contribution < 1.29 is 5.11 Å². The van der Waals surface area contributed by atoms with E-state index in [9.17, 15) is 5.11 Å². The van der Waals surface area contributed by atoms with Crippen LogP contribution in [0.15, 0.2) is 54.6 Å². The maximum Gasteiger partial charge on any atom is 0.108 e. The Balaban J connectivity index is 1.33. The first kappa shape index (κ1) is 29.6. The van der Waals surface area contributed by atoms with Crippen LogP contribution in [0.25, 0.3) is 0 Å². The molecule has 2 aromatic rings. The Morgan fingerprint density at radius 2 is 1.98 bits per heavy atom. The molecule has 40 heavy (non-hydrogen) atoms. The molecule has 3 fully saturated rings. The largest absolute Gasteiger partial charge is 0.378 e. The summed E-state index contributed by atoms with van der Waals surface area (Å²) in [6.45, 7) is 8.05. The number of nitrogens with one attached hydrogen (secondary N) is 5. The van der Waals surface area contributed by atoms with Crippen LogP contribution in [-0.2, 0) is 6.54 Å². The molecule has 6 N–H and O–H groups in total. The lowest BCUT2D eigenvalue weighted by atomic mass is 9.78. The van der Waals surface area contributed by atoms with E-state index in [1.54, 1.807) is 0 Å². The van der Waals surface area contributed by atoms with Gasteiger partial charge in [0, 0.05) is 62.7 Å². The van der Waals surface area contributed by atoms with Crippen LogP contribution in [0.2, 0.25) is 0 Å². The number of piperidine rings is 2. The summed E-state index contributed by atoms with van der Waals surface area (Å²) < 4.78 is 0. The molecule has 8 heteroatoms. The number of likely N-dealkylation sites (N-methyl/N-ethyl adjacent to an activating group) is 2. The Hall–Kier alpha value is -1.88. The van der Waals surface area contributed by atoms with Crippen molar-refractivity contribution >= 4 is 0 Å². The number of nitrogens with zero attached hydrogens (tertiary/aromatic N) is 2. The Kier molecular flexibility index (Phi) is 10.6. The normalized spacial score (nSPS) is 28.9. The standard InChI is InChI=1S/C32H51N7O/c1-23(25-11-5-4-6-12-25)36-32(40)28-19-30(26-13-9-10-24(18-26)21-38(3)17-16-33-2)37-31-29(28)20-35-39(31)22-27-14-7-8-15-34-27/h4-6,9-13,18,23,27-37,40H,7-8,14-17,19-22H2,1-3H3/t23-,27?,28?,29?,30?,31?,32?/m0/s1. The first-order valence-corrected chi connectivity index (χ1v) is 15.4. The SMILES string of the molecule is CNCCN(C)Cc1cccc(C2CC(C(O)N[C@@H](C)c3ccccc3)C3CNN(CC4CCCCN4)C3N2)c1. The van der Waals surface area contributed by atoms with E-state index in [1.807, 2.05) is 13.1 Å². The molecule has 0 spiro atoms. The molecule has 2 aromatic carbocycles. The third-order valence-corrected chi connectivity index (χ3v) is 9.21. The van der Waals surface area contributed by atoms with Gasteiger partial charge in [0.2, 0.25) is 0 Å². The van der Waals surface area contributed by atoms with Crippen molar-refractivity contribution in [2.45, 2.75) is 69.7 Å². The van der Waals surface area contributed by atoms with Gasteiger partial charge < -0.3 is 20.6 Å². The smallest absolute Gasteiger partial charge is 0.108 e. The van der Waals surface area contributed by atoms with Crippen molar-refractivity contribution in [2.75, 3.05) is 46.8 Å². The summed E-state index contributed by atoms with van der Waals surface area (Å²) in [7, 11) is 4.18. The second kappa shape index (κ2) is 14.3. The Morgan fingerprint density at radius 3 is 2.75 bits per heavy atom. The average molecular weight is 550 g/mol. The van der Waals surface area contributed by atoms with Gasteiger partial charge in [-0.1, -0.05) is 61.0 Å². The molecule has 5 rings (SSSR count). The van der Waals surface area contributed by atoms with Crippen molar-refractivity contribution in [2.24, 2.45) is 11.8 Å². The van der Waals surface area contributed by atoms with Gasteiger partial charge in [0.25, 0.3) is 0 Å². The van der Waals surface area contributed by atoms with Crippen molar-refractivity contribution in [1.29, 1.82) is 0 Å². The van der Waals surface area contributed by atoms with E-state index in [4.69, 9.17) is 0 Å². The van der Waals surface area contributed by atoms with E-state index >= 15 is 0 Å². The van der Waals surface area contributed by atoms with Crippen LogP contribution in [-0.4, -0.2) is 80.3 Å². The average Bonchev–Trinajstić information content (AvgIpc) is 3.39. The summed E-state index contributed by atoms with van der Waals surface area (Å²) in [6, 6.07) is 20.3. The van der Waals surface area contributed by atoms with Crippen molar-refractivity contribution in [1.82, 2.24) is 36.6 Å². The lowest BCUT2D eigenvalue weighted by molar-refractivity contribution is -0.0174. The quantitative estimate of drug-likeness (QED) is 0.225. The second-order valence-electron chi connectivity index (χ2n) is 12.2. The van der Waals surface area contributed by atoms with Crippen LogP contribution >= 0.6 is 0 Å². The number of aliphatic hydroxyl groups is 1. The lowest BCUT2D eigenvalue weighted by Crippen LogP contribution is -2.59. The van der Waals surface area contributed by atoms with Gasteiger partial charge in [-0.3, -0.25) is 16.1 Å². The minimum absolute atomic E-state index is 0.0800. The van der Waals surface area contributed by atoms with Gasteiger partial charge in [0.05, 0.1) is 6.17 Å². The van der Waals surface area contributed by atoms with E-state index in [1.165, 1.54) is 36.0 Å². The fourth-order valence-corrected chi connectivity index (χ4v) is 6.89. The Labute approximate surface area is 241 Å². The summed E-state index contributed by atoms with van der Waals surface area (Å²) in [5, 5.41) is 28.7. The molecule has 220 valence electrons. The van der Waals surface area contributed by atoms with Gasteiger partial charge in [-0.2, -0.15) is 0 Å². The highest BCUT2D eigenvalue weighted by Gasteiger charge is 2.47. The molecule has 8 nitrogen and oxygen atoms in total. The summed E-state index contributed by atoms with van der Waals surface area (Å²) in [5.74, 6) is 0.447. The number of fused-ring (bicyclic) bond motifs is 1. The number of hydrogen-bond donors (Lipinski definition) is 6. The van der Waals surface area contributed by atoms with Gasteiger partial charge in [-0.25, -0.2) is 5.01 Å². The minimum atomic E-state index is -0.585. The fourth-order valence-electron chi connectivity index (χ4n) is 6.89. The first-order chi connectivity index (χ1) is 19.5. The highest BCUT2D eigenvalue weighted by Crippen LogP contribution is 2.39. The highest BCUT2D eigenvalue weighted by atomic mass is 16.3. The van der Waals surface area contributed by atoms with Crippen LogP contribution in [0, 0.1) is 11.8 Å². The molecule has 0 aliphatic carbocycles. The molecular weight excluding hydrogens is 498 g/mol. The number of rotatable bonds is 12. The van der Waals surface area contributed by atoms with Gasteiger partial charge >= 0.3 is 0 Å². The summed E-state index contributed by atoms with van der Waals surface area (Å²) >= 11 is 0. The molecule has 3 aliphatic rings. The second-order valence-corrected chi connectivity index (χ2v) is 12.2. The van der Waals surface area contributed by atoms with E-state index < -0.39 is 6.23 Å². The van der Waals surface area contributed by atoms with Crippen LogP contribution in [0.3, 0.4) is 0 Å². The molecule has 0 bridgehead atoms. The van der Waals surface area contributed by atoms with E-state index in [2.05, 4.69) is 99.1 Å². The Bertz CT molecular complexity index is 1030. The zero-order chi connectivity index (χ0) is 27.9. The van der Waals surface area contributed by atoms with Crippen LogP contribution in [0.1, 0.15) is 61.4 Å². The summed E-state index contributed by atoms with van der Waals surface area (Å²) in [5.41, 5.74) is 7.57. The third-order valence-electron chi connectivity index (χ3n) is 9.21. The minimum Gasteiger partial charge on any atom is -0.378 e. The molecule has 0 radical (unpaired) electrons. The predicted molar refractivity (Wildman–Crippen MR) is 162 cm³/mol. The number of hydrazine groups is 1. The molecule has 0 amide bonds. The zero-order valence-corrected chi connectivity index (χ0v) is 24.7. The van der Waals surface area contributed by atoms with Gasteiger partial charge in [0.15, 0.2) is 0 Å². The highest BCUT2D eigenvalue weighted by molar-refractivity contribution is 5.27. The van der Waals surface area contributed by atoms with E-state index in [0.29, 0.717) is 12.0 Å². The molecule has 0 aromatic heterocycles. The summed E-state index contributed by atoms with van der Waals surface area (Å²) in [6.07, 6.45) is 4.29. The molecule has 0 saturated carbocycles. The van der Waals surface area contributed by atoms with Crippen molar-refractivity contribution in [3.05, 3.63) is 71.3 Å². The first-order valence-electron chi connectivity index (χ1n) is 15.4. The molecule has 6 unspecified atom stereocenters. The van der Waals surface area contributed by atoms with Crippen LogP contribution in [0.4, 0.5) is 0 Å². The molecule has 3 heterocycles. The van der Waals surface area contributed by atoms with Gasteiger partial charge in [0.1, 0.15) is 6.23 Å². The third kappa shape index (κ3) is 7.49. The molecular formula is C32H51N7O. The van der Waals surface area contributed by atoms with Crippen molar-refractivity contribution in [3.8, 4) is 0 Å². The van der Waals surface area contributed by atoms with Crippen LogP contribution < -0.4 is 26.7 Å². The number of hydrogen-bond acceptors (Lipinski definition) is 8. The van der Waals surface area contributed by atoms with E-state index in [0.717, 1.165) is 45.7 Å². The lowest BCUT2D eigenvalue weighted by Gasteiger charge is -2.44.